The minimum atomic E-state index is -0.832. The maximum Gasteiger partial charge on any atom is 0.313 e. The second kappa shape index (κ2) is 7.86. The van der Waals surface area contributed by atoms with Gasteiger partial charge in [0.05, 0.1) is 19.1 Å². The number of carbonyl (C=O) groups is 1. The van der Waals surface area contributed by atoms with E-state index in [9.17, 15) is 4.79 Å². The van der Waals surface area contributed by atoms with Crippen molar-refractivity contribution in [2.75, 3.05) is 13.7 Å². The Morgan fingerprint density at radius 2 is 2.05 bits per heavy atom. The number of ether oxygens (including phenoxy) is 2. The van der Waals surface area contributed by atoms with Crippen molar-refractivity contribution in [3.8, 4) is 5.75 Å². The van der Waals surface area contributed by atoms with Crippen LogP contribution in [-0.4, -0.2) is 19.7 Å². The maximum atomic E-state index is 11.8. The summed E-state index contributed by atoms with van der Waals surface area (Å²) in [5.41, 5.74) is 6.20. The van der Waals surface area contributed by atoms with E-state index in [1.165, 1.54) is 7.11 Å². The molecule has 1 rings (SSSR count). The molecule has 0 saturated carbocycles. The van der Waals surface area contributed by atoms with Crippen LogP contribution in [0.4, 0.5) is 0 Å². The van der Waals surface area contributed by atoms with Crippen molar-refractivity contribution in [3.05, 3.63) is 28.2 Å². The Bertz CT molecular complexity index is 466. The van der Waals surface area contributed by atoms with E-state index in [0.717, 1.165) is 10.0 Å². The first-order chi connectivity index (χ1) is 8.84. The van der Waals surface area contributed by atoms with Crippen molar-refractivity contribution < 1.29 is 14.3 Å². The number of halogens is 2. The topological polar surface area (TPSA) is 61.5 Å². The van der Waals surface area contributed by atoms with Crippen LogP contribution in [0.1, 0.15) is 32.4 Å². The van der Waals surface area contributed by atoms with Crippen LogP contribution in [0.25, 0.3) is 0 Å². The lowest BCUT2D eigenvalue weighted by atomic mass is 9.80. The first kappa shape index (κ1) is 19.2. The molecule has 4 nitrogen and oxygen atoms in total. The van der Waals surface area contributed by atoms with E-state index in [0.29, 0.717) is 12.4 Å². The standard InChI is InChI=1S/C14H20BrNO3.ClH/c1-5-19-11-7-6-9(15)8-10(11)12(16)14(2,3)13(17)18-4;/h6-8,12H,5,16H2,1-4H3;1H/t12-;/m0./s1. The summed E-state index contributed by atoms with van der Waals surface area (Å²) in [6, 6.07) is 5.09. The average Bonchev–Trinajstić information content (AvgIpc) is 2.39. The lowest BCUT2D eigenvalue weighted by Gasteiger charge is -2.30. The van der Waals surface area contributed by atoms with Crippen molar-refractivity contribution in [2.45, 2.75) is 26.8 Å². The SMILES string of the molecule is CCOc1ccc(Br)cc1[C@H](N)C(C)(C)C(=O)OC.Cl. The van der Waals surface area contributed by atoms with E-state index in [1.54, 1.807) is 13.8 Å². The number of rotatable bonds is 5. The van der Waals surface area contributed by atoms with E-state index >= 15 is 0 Å². The molecule has 1 aromatic rings. The van der Waals surface area contributed by atoms with E-state index in [4.69, 9.17) is 15.2 Å². The fraction of sp³-hybridized carbons (Fsp3) is 0.500. The molecule has 0 aliphatic carbocycles. The van der Waals surface area contributed by atoms with Gasteiger partial charge in [0.2, 0.25) is 0 Å². The van der Waals surface area contributed by atoms with Crippen LogP contribution >= 0.6 is 28.3 Å². The van der Waals surface area contributed by atoms with Gasteiger partial charge in [-0.15, -0.1) is 12.4 Å². The molecular formula is C14H21BrClNO3. The normalized spacial score (nSPS) is 12.3. The van der Waals surface area contributed by atoms with Gasteiger partial charge in [-0.25, -0.2) is 0 Å². The number of methoxy groups -OCH3 is 1. The van der Waals surface area contributed by atoms with Crippen LogP contribution < -0.4 is 10.5 Å². The van der Waals surface area contributed by atoms with Gasteiger partial charge in [0.15, 0.2) is 0 Å². The van der Waals surface area contributed by atoms with Crippen LogP contribution in [0.5, 0.6) is 5.75 Å². The number of benzene rings is 1. The fourth-order valence-electron chi connectivity index (χ4n) is 1.83. The first-order valence-electron chi connectivity index (χ1n) is 6.10. The highest BCUT2D eigenvalue weighted by Gasteiger charge is 2.38. The number of esters is 1. The summed E-state index contributed by atoms with van der Waals surface area (Å²) in [4.78, 5) is 11.8. The molecule has 0 aromatic heterocycles. The zero-order valence-electron chi connectivity index (χ0n) is 12.1. The lowest BCUT2D eigenvalue weighted by Crippen LogP contribution is -2.37. The van der Waals surface area contributed by atoms with Crippen molar-refractivity contribution in [1.82, 2.24) is 0 Å². The van der Waals surface area contributed by atoms with Crippen molar-refractivity contribution >= 4 is 34.3 Å². The number of hydrogen-bond acceptors (Lipinski definition) is 4. The molecule has 114 valence electrons. The second-order valence-corrected chi connectivity index (χ2v) is 5.72. The number of hydrogen-bond donors (Lipinski definition) is 1. The third-order valence-electron chi connectivity index (χ3n) is 3.10. The third kappa shape index (κ3) is 4.11. The van der Waals surface area contributed by atoms with Crippen LogP contribution in [0, 0.1) is 5.41 Å². The largest absolute Gasteiger partial charge is 0.494 e. The summed E-state index contributed by atoms with van der Waals surface area (Å²) in [7, 11) is 1.36. The van der Waals surface area contributed by atoms with Crippen LogP contribution in [-0.2, 0) is 9.53 Å². The Labute approximate surface area is 134 Å². The first-order valence-corrected chi connectivity index (χ1v) is 6.90. The molecule has 0 spiro atoms. The Kier molecular flexibility index (Phi) is 7.55. The van der Waals surface area contributed by atoms with Gasteiger partial charge in [-0.2, -0.15) is 0 Å². The Morgan fingerprint density at radius 3 is 2.55 bits per heavy atom. The van der Waals surface area contributed by atoms with Gasteiger partial charge in [-0.3, -0.25) is 4.79 Å². The maximum absolute atomic E-state index is 11.8. The minimum absolute atomic E-state index is 0. The van der Waals surface area contributed by atoms with E-state index in [2.05, 4.69) is 15.9 Å². The second-order valence-electron chi connectivity index (χ2n) is 4.81. The van der Waals surface area contributed by atoms with E-state index < -0.39 is 11.5 Å². The Morgan fingerprint density at radius 1 is 1.45 bits per heavy atom. The van der Waals surface area contributed by atoms with Gasteiger partial charge in [0.25, 0.3) is 0 Å². The molecule has 0 bridgehead atoms. The summed E-state index contributed by atoms with van der Waals surface area (Å²) < 4.78 is 11.3. The molecule has 0 aliphatic rings. The van der Waals surface area contributed by atoms with Crippen molar-refractivity contribution in [2.24, 2.45) is 11.1 Å². The summed E-state index contributed by atoms with van der Waals surface area (Å²) in [5.74, 6) is 0.345. The van der Waals surface area contributed by atoms with E-state index in [1.807, 2.05) is 25.1 Å². The van der Waals surface area contributed by atoms with E-state index in [-0.39, 0.29) is 18.4 Å². The highest BCUT2D eigenvalue weighted by molar-refractivity contribution is 9.10. The van der Waals surface area contributed by atoms with Crippen molar-refractivity contribution in [1.29, 1.82) is 0 Å². The molecule has 0 fully saturated rings. The van der Waals surface area contributed by atoms with Gasteiger partial charge in [0, 0.05) is 16.1 Å². The summed E-state index contributed by atoms with van der Waals surface area (Å²) in [5, 5.41) is 0. The van der Waals surface area contributed by atoms with Crippen LogP contribution in [0.3, 0.4) is 0 Å². The molecule has 0 radical (unpaired) electrons. The molecule has 0 heterocycles. The quantitative estimate of drug-likeness (QED) is 0.811. The number of carbonyl (C=O) groups excluding carboxylic acids is 1. The molecule has 0 unspecified atom stereocenters. The fourth-order valence-corrected chi connectivity index (χ4v) is 2.21. The smallest absolute Gasteiger partial charge is 0.313 e. The molecule has 0 aliphatic heterocycles. The molecule has 0 saturated heterocycles. The zero-order valence-corrected chi connectivity index (χ0v) is 14.5. The predicted octanol–water partition coefficient (Wildman–Crippen LogP) is 3.47. The highest BCUT2D eigenvalue weighted by atomic mass is 79.9. The average molecular weight is 367 g/mol. The van der Waals surface area contributed by atoms with Crippen LogP contribution in [0.15, 0.2) is 22.7 Å². The van der Waals surface area contributed by atoms with Gasteiger partial charge in [0.1, 0.15) is 5.75 Å². The molecule has 20 heavy (non-hydrogen) atoms. The molecule has 6 heteroatoms. The number of nitrogens with two attached hydrogens (primary N) is 1. The third-order valence-corrected chi connectivity index (χ3v) is 3.59. The minimum Gasteiger partial charge on any atom is -0.494 e. The monoisotopic (exact) mass is 365 g/mol. The van der Waals surface area contributed by atoms with Gasteiger partial charge >= 0.3 is 5.97 Å². The Balaban J connectivity index is 0.00000361. The molecule has 0 amide bonds. The highest BCUT2D eigenvalue weighted by Crippen LogP contribution is 2.38. The molecule has 2 N–H and O–H groups in total. The van der Waals surface area contributed by atoms with Gasteiger partial charge in [-0.05, 0) is 39.0 Å². The van der Waals surface area contributed by atoms with Gasteiger partial charge in [-0.1, -0.05) is 15.9 Å². The summed E-state index contributed by atoms with van der Waals surface area (Å²) in [6.45, 7) is 5.98. The van der Waals surface area contributed by atoms with Crippen LogP contribution in [0.2, 0.25) is 0 Å². The van der Waals surface area contributed by atoms with Gasteiger partial charge < -0.3 is 15.2 Å². The molecule has 1 atom stereocenters. The molecular weight excluding hydrogens is 346 g/mol. The summed E-state index contributed by atoms with van der Waals surface area (Å²) >= 11 is 3.41. The van der Waals surface area contributed by atoms with Crippen molar-refractivity contribution in [3.63, 3.8) is 0 Å². The summed E-state index contributed by atoms with van der Waals surface area (Å²) in [6.07, 6.45) is 0. The lowest BCUT2D eigenvalue weighted by molar-refractivity contribution is -0.152. The predicted molar refractivity (Wildman–Crippen MR) is 85.3 cm³/mol. The molecule has 1 aromatic carbocycles. The zero-order chi connectivity index (χ0) is 14.6. The Hall–Kier alpha value is -0.780.